The summed E-state index contributed by atoms with van der Waals surface area (Å²) in [5.74, 6) is -1.21. The second-order valence-corrected chi connectivity index (χ2v) is 14.4. The molecule has 2 atom stereocenters. The SMILES string of the molecule is CCCSP(=O)(OCC)SCCC(C)S(=O)(=O)CC. The Balaban J connectivity index is 4.30. The monoisotopic (exact) mass is 348 g/mol. The van der Waals surface area contributed by atoms with Gasteiger partial charge in [-0.1, -0.05) is 36.6 Å². The Hall–Kier alpha value is 0.840. The predicted molar refractivity (Wildman–Crippen MR) is 88.0 cm³/mol. The molecule has 4 nitrogen and oxygen atoms in total. The van der Waals surface area contributed by atoms with Crippen LogP contribution in [0.3, 0.4) is 0 Å². The molecule has 0 saturated heterocycles. The molecule has 0 aromatic rings. The van der Waals surface area contributed by atoms with E-state index in [1.807, 2.05) is 13.8 Å². The lowest BCUT2D eigenvalue weighted by molar-refractivity contribution is 0.357. The predicted octanol–water partition coefficient (Wildman–Crippen LogP) is 4.22. The highest BCUT2D eigenvalue weighted by Crippen LogP contribution is 2.70. The summed E-state index contributed by atoms with van der Waals surface area (Å²) >= 11 is 2.64. The summed E-state index contributed by atoms with van der Waals surface area (Å²) in [4.78, 5) is 0. The van der Waals surface area contributed by atoms with E-state index in [4.69, 9.17) is 4.52 Å². The van der Waals surface area contributed by atoms with Gasteiger partial charge in [0, 0.05) is 17.3 Å². The molecule has 0 spiro atoms. The number of sulfone groups is 1. The lowest BCUT2D eigenvalue weighted by Crippen LogP contribution is -2.20. The highest BCUT2D eigenvalue weighted by atomic mass is 33.1. The lowest BCUT2D eigenvalue weighted by Gasteiger charge is -2.17. The van der Waals surface area contributed by atoms with Crippen LogP contribution in [0.1, 0.15) is 40.5 Å². The zero-order chi connectivity index (χ0) is 14.9. The van der Waals surface area contributed by atoms with Crippen LogP contribution in [0.25, 0.3) is 0 Å². The van der Waals surface area contributed by atoms with Crippen LogP contribution in [0.5, 0.6) is 0 Å². The van der Waals surface area contributed by atoms with Crippen molar-refractivity contribution in [2.45, 2.75) is 45.8 Å². The van der Waals surface area contributed by atoms with Crippen molar-refractivity contribution in [3.05, 3.63) is 0 Å². The summed E-state index contributed by atoms with van der Waals surface area (Å²) in [6.07, 6.45) is 1.47. The van der Waals surface area contributed by atoms with Gasteiger partial charge in [-0.3, -0.25) is 4.57 Å². The van der Waals surface area contributed by atoms with Crippen LogP contribution in [-0.2, 0) is 18.9 Å². The molecule has 0 fully saturated rings. The second kappa shape index (κ2) is 9.72. The van der Waals surface area contributed by atoms with E-state index in [-0.39, 0.29) is 11.0 Å². The van der Waals surface area contributed by atoms with Gasteiger partial charge in [0.05, 0.1) is 11.9 Å². The highest BCUT2D eigenvalue weighted by molar-refractivity contribution is 8.89. The van der Waals surface area contributed by atoms with E-state index in [1.54, 1.807) is 13.8 Å². The molecule has 0 heterocycles. The molecule has 0 aromatic carbocycles. The molecule has 0 amide bonds. The Kier molecular flexibility index (Phi) is 10.1. The summed E-state index contributed by atoms with van der Waals surface area (Å²) in [6.45, 7) is 7.64. The molecule has 2 unspecified atom stereocenters. The van der Waals surface area contributed by atoms with Crippen molar-refractivity contribution in [3.8, 4) is 0 Å². The smallest absolute Gasteiger partial charge is 0.313 e. The largest absolute Gasteiger partial charge is 0.314 e. The van der Waals surface area contributed by atoms with Gasteiger partial charge in [-0.25, -0.2) is 8.42 Å². The number of rotatable bonds is 11. The fourth-order valence-corrected chi connectivity index (χ4v) is 9.61. The van der Waals surface area contributed by atoms with E-state index in [9.17, 15) is 13.0 Å². The van der Waals surface area contributed by atoms with E-state index in [0.717, 1.165) is 12.2 Å². The summed E-state index contributed by atoms with van der Waals surface area (Å²) in [5, 5.41) is -0.378. The second-order valence-electron chi connectivity index (χ2n) is 4.08. The van der Waals surface area contributed by atoms with Gasteiger partial charge < -0.3 is 4.52 Å². The van der Waals surface area contributed by atoms with E-state index >= 15 is 0 Å². The maximum Gasteiger partial charge on any atom is 0.313 e. The van der Waals surface area contributed by atoms with Crippen molar-refractivity contribution in [2.24, 2.45) is 0 Å². The molecule has 0 rings (SSSR count). The minimum Gasteiger partial charge on any atom is -0.314 e. The molecule has 0 saturated carbocycles. The van der Waals surface area contributed by atoms with Crippen molar-refractivity contribution in [2.75, 3.05) is 23.9 Å². The molecule has 0 aliphatic carbocycles. The van der Waals surface area contributed by atoms with E-state index in [2.05, 4.69) is 0 Å². The topological polar surface area (TPSA) is 60.4 Å². The van der Waals surface area contributed by atoms with E-state index in [1.165, 1.54) is 22.8 Å². The maximum atomic E-state index is 12.4. The third kappa shape index (κ3) is 8.00. The van der Waals surface area contributed by atoms with Gasteiger partial charge in [-0.2, -0.15) is 0 Å². The van der Waals surface area contributed by atoms with Gasteiger partial charge in [-0.15, -0.1) is 0 Å². The Morgan fingerprint density at radius 2 is 1.74 bits per heavy atom. The molecule has 0 aliphatic heterocycles. The van der Waals surface area contributed by atoms with Crippen molar-refractivity contribution in [1.29, 1.82) is 0 Å². The van der Waals surface area contributed by atoms with Crippen molar-refractivity contribution in [1.82, 2.24) is 0 Å². The van der Waals surface area contributed by atoms with Crippen LogP contribution >= 0.6 is 28.5 Å². The minimum absolute atomic E-state index is 0.159. The fraction of sp³-hybridized carbons (Fsp3) is 1.00. The summed E-state index contributed by atoms with van der Waals surface area (Å²) in [7, 11) is -3.00. The highest BCUT2D eigenvalue weighted by Gasteiger charge is 2.25. The molecule has 0 aromatic heterocycles. The van der Waals surface area contributed by atoms with Gasteiger partial charge in [-0.05, 0) is 26.7 Å². The van der Waals surface area contributed by atoms with Crippen LogP contribution in [-0.4, -0.2) is 37.5 Å². The molecule has 0 aliphatic rings. The zero-order valence-corrected chi connectivity index (χ0v) is 15.5. The maximum absolute atomic E-state index is 12.4. The Labute approximate surface area is 125 Å². The molecular weight excluding hydrogens is 323 g/mol. The number of hydrogen-bond acceptors (Lipinski definition) is 6. The zero-order valence-electron chi connectivity index (χ0n) is 12.1. The van der Waals surface area contributed by atoms with Gasteiger partial charge >= 0.3 is 5.77 Å². The Morgan fingerprint density at radius 1 is 1.16 bits per heavy atom. The average molecular weight is 348 g/mol. The van der Waals surface area contributed by atoms with Gasteiger partial charge in [0.15, 0.2) is 9.84 Å². The summed E-state index contributed by atoms with van der Waals surface area (Å²) < 4.78 is 41.1. The van der Waals surface area contributed by atoms with Crippen LogP contribution in [0, 0.1) is 0 Å². The third-order valence-electron chi connectivity index (χ3n) is 2.53. The fourth-order valence-electron chi connectivity index (χ4n) is 1.27. The molecule has 8 heteroatoms. The Bertz CT molecular complexity index is 383. The molecule has 116 valence electrons. The minimum atomic E-state index is -3.00. The lowest BCUT2D eigenvalue weighted by atomic mass is 10.4. The summed E-state index contributed by atoms with van der Waals surface area (Å²) in [6, 6.07) is 0. The normalized spacial score (nSPS) is 17.1. The van der Waals surface area contributed by atoms with Crippen LogP contribution < -0.4 is 0 Å². The van der Waals surface area contributed by atoms with Crippen LogP contribution in [0.4, 0.5) is 0 Å². The van der Waals surface area contributed by atoms with Gasteiger partial charge in [0.25, 0.3) is 0 Å². The first-order chi connectivity index (χ1) is 8.81. The first-order valence-corrected chi connectivity index (χ1v) is 13.1. The average Bonchev–Trinajstić information content (AvgIpc) is 2.36. The van der Waals surface area contributed by atoms with E-state index in [0.29, 0.717) is 18.8 Å². The van der Waals surface area contributed by atoms with Crippen molar-refractivity contribution in [3.63, 3.8) is 0 Å². The standard InChI is InChI=1S/C11H25O4PS3/c1-5-9-17-16(12,15-6-2)18-10-8-11(4)19(13,14)7-3/h11H,5-10H2,1-4H3. The first kappa shape index (κ1) is 19.8. The van der Waals surface area contributed by atoms with Crippen molar-refractivity contribution >= 4 is 38.4 Å². The molecular formula is C11H25O4PS3. The first-order valence-electron chi connectivity index (χ1n) is 6.56. The van der Waals surface area contributed by atoms with E-state index < -0.39 is 15.6 Å². The summed E-state index contributed by atoms with van der Waals surface area (Å²) in [5.41, 5.74) is 0. The van der Waals surface area contributed by atoms with Gasteiger partial charge in [0.2, 0.25) is 0 Å². The molecule has 0 N–H and O–H groups in total. The molecule has 0 radical (unpaired) electrons. The van der Waals surface area contributed by atoms with Crippen molar-refractivity contribution < 1.29 is 17.5 Å². The van der Waals surface area contributed by atoms with Gasteiger partial charge in [0.1, 0.15) is 0 Å². The third-order valence-corrected chi connectivity index (χ3v) is 12.5. The quantitative estimate of drug-likeness (QED) is 0.521. The Morgan fingerprint density at radius 3 is 2.21 bits per heavy atom. The van der Waals surface area contributed by atoms with Crippen LogP contribution in [0.15, 0.2) is 0 Å². The molecule has 19 heavy (non-hydrogen) atoms. The number of hydrogen-bond donors (Lipinski definition) is 0. The molecule has 0 bridgehead atoms. The van der Waals surface area contributed by atoms with Crippen LogP contribution in [0.2, 0.25) is 0 Å².